The molecule has 0 saturated heterocycles. The number of aromatic nitrogens is 1. The first-order chi connectivity index (χ1) is 25.6. The Morgan fingerprint density at radius 1 is 0.906 bits per heavy atom. The van der Waals surface area contributed by atoms with Crippen molar-refractivity contribution in [2.24, 2.45) is 5.92 Å². The number of ether oxygens (including phenoxy) is 2. The molecule has 276 valence electrons. The van der Waals surface area contributed by atoms with E-state index < -0.39 is 17.4 Å². The van der Waals surface area contributed by atoms with Crippen LogP contribution in [-0.2, 0) is 29.5 Å². The first-order valence-electron chi connectivity index (χ1n) is 18.4. The second-order valence-electron chi connectivity index (χ2n) is 14.4. The number of Topliss-reactive ketones (excluding diaryl/α,β-unsaturated/α-hetero) is 1. The van der Waals surface area contributed by atoms with Gasteiger partial charge in [-0.15, -0.1) is 0 Å². The minimum Gasteiger partial charge on any atom is -0.508 e. The Balaban J connectivity index is 1.20. The van der Waals surface area contributed by atoms with E-state index in [9.17, 15) is 30.3 Å². The van der Waals surface area contributed by atoms with Crippen molar-refractivity contribution in [1.29, 1.82) is 0 Å². The van der Waals surface area contributed by atoms with Gasteiger partial charge in [-0.2, -0.15) is 0 Å². The number of aromatic hydroxyl groups is 4. The number of nitrogens with zero attached hydrogens (tertiary/aromatic N) is 1. The summed E-state index contributed by atoms with van der Waals surface area (Å²) in [7, 11) is 1.40. The summed E-state index contributed by atoms with van der Waals surface area (Å²) in [6.45, 7) is 0.546. The van der Waals surface area contributed by atoms with Crippen LogP contribution < -0.4 is 14.8 Å². The molecular formula is C43H46N2O8. The zero-order valence-corrected chi connectivity index (χ0v) is 29.8. The number of fused-ring (bicyclic) bond motifs is 2. The van der Waals surface area contributed by atoms with E-state index in [1.807, 2.05) is 42.5 Å². The van der Waals surface area contributed by atoms with Gasteiger partial charge in [0.2, 0.25) is 5.75 Å². The lowest BCUT2D eigenvalue weighted by molar-refractivity contribution is -0.130. The van der Waals surface area contributed by atoms with Crippen molar-refractivity contribution in [3.8, 4) is 34.5 Å². The van der Waals surface area contributed by atoms with Crippen molar-refractivity contribution in [2.45, 2.75) is 75.7 Å². The number of ketones is 1. The van der Waals surface area contributed by atoms with E-state index in [4.69, 9.17) is 9.47 Å². The van der Waals surface area contributed by atoms with Crippen molar-refractivity contribution in [3.63, 3.8) is 0 Å². The van der Waals surface area contributed by atoms with Crippen molar-refractivity contribution in [3.05, 3.63) is 101 Å². The number of aryl methyl sites for hydroxylation is 2. The highest BCUT2D eigenvalue weighted by Crippen LogP contribution is 2.50. The molecule has 1 aliphatic carbocycles. The van der Waals surface area contributed by atoms with E-state index in [1.165, 1.54) is 13.2 Å². The largest absolute Gasteiger partial charge is 0.508 e. The fourth-order valence-electron chi connectivity index (χ4n) is 8.53. The van der Waals surface area contributed by atoms with Gasteiger partial charge in [0.25, 0.3) is 0 Å². The summed E-state index contributed by atoms with van der Waals surface area (Å²) in [5, 5.41) is 58.3. The minimum atomic E-state index is -0.973. The third-order valence-electron chi connectivity index (χ3n) is 11.1. The number of anilines is 2. The minimum absolute atomic E-state index is 0.0777. The summed E-state index contributed by atoms with van der Waals surface area (Å²) in [5.74, 6) is 0.0930. The van der Waals surface area contributed by atoms with Crippen LogP contribution in [0.1, 0.15) is 67.2 Å². The van der Waals surface area contributed by atoms with Gasteiger partial charge in [-0.25, -0.2) is 4.98 Å². The number of hydrogen-bond donors (Lipinski definition) is 6. The first-order valence-corrected chi connectivity index (χ1v) is 18.4. The Hall–Kier alpha value is -5.48. The van der Waals surface area contributed by atoms with Crippen LogP contribution in [0.5, 0.6) is 34.5 Å². The zero-order chi connectivity index (χ0) is 37.1. The van der Waals surface area contributed by atoms with Crippen LogP contribution in [0, 0.1) is 5.92 Å². The van der Waals surface area contributed by atoms with Crippen molar-refractivity contribution >= 4 is 28.1 Å². The average molecular weight is 719 g/mol. The van der Waals surface area contributed by atoms with E-state index in [-0.39, 0.29) is 47.4 Å². The molecule has 7 rings (SSSR count). The van der Waals surface area contributed by atoms with Crippen LogP contribution in [0.25, 0.3) is 10.8 Å². The van der Waals surface area contributed by atoms with Gasteiger partial charge in [-0.1, -0.05) is 31.0 Å². The molecule has 10 heteroatoms. The van der Waals surface area contributed by atoms with Crippen LogP contribution in [-0.4, -0.2) is 56.1 Å². The number of carbonyl (C=O) groups is 1. The SMILES string of the molecule is COc1cc(CCC(=O)C(C(O)CCc2ccc(O)c3c2CCCO3)C2(c3ccnc(Nc4ccc5cc(O)ccc5c4)c3)CCCC2)cc(O)c1O. The maximum atomic E-state index is 14.6. The summed E-state index contributed by atoms with van der Waals surface area (Å²) < 4.78 is 11.0. The summed E-state index contributed by atoms with van der Waals surface area (Å²) in [6, 6.07) is 21.6. The second kappa shape index (κ2) is 15.2. The molecular weight excluding hydrogens is 672 g/mol. The Morgan fingerprint density at radius 2 is 1.70 bits per heavy atom. The highest BCUT2D eigenvalue weighted by molar-refractivity contribution is 5.87. The average Bonchev–Trinajstić information content (AvgIpc) is 3.66. The quantitative estimate of drug-likeness (QED) is 0.0664. The zero-order valence-electron chi connectivity index (χ0n) is 29.8. The van der Waals surface area contributed by atoms with Gasteiger partial charge < -0.3 is 40.3 Å². The molecule has 2 atom stereocenters. The first kappa shape index (κ1) is 35.9. The van der Waals surface area contributed by atoms with Crippen LogP contribution in [0.15, 0.2) is 79.0 Å². The lowest BCUT2D eigenvalue weighted by Gasteiger charge is -2.40. The molecule has 10 nitrogen and oxygen atoms in total. The number of aliphatic hydroxyl groups is 1. The molecule has 2 aliphatic rings. The third kappa shape index (κ3) is 7.41. The Bertz CT molecular complexity index is 2130. The predicted molar refractivity (Wildman–Crippen MR) is 203 cm³/mol. The van der Waals surface area contributed by atoms with Crippen molar-refractivity contribution < 1.29 is 39.8 Å². The smallest absolute Gasteiger partial charge is 0.200 e. The normalized spacial score (nSPS) is 16.0. The van der Waals surface area contributed by atoms with E-state index in [0.717, 1.165) is 71.7 Å². The number of benzene rings is 4. The molecule has 0 spiro atoms. The van der Waals surface area contributed by atoms with E-state index in [0.29, 0.717) is 36.6 Å². The number of pyridine rings is 1. The number of aliphatic hydroxyl groups excluding tert-OH is 1. The molecule has 1 aromatic heterocycles. The second-order valence-corrected chi connectivity index (χ2v) is 14.4. The highest BCUT2D eigenvalue weighted by atomic mass is 16.5. The predicted octanol–water partition coefficient (Wildman–Crippen LogP) is 7.76. The lowest BCUT2D eigenvalue weighted by Crippen LogP contribution is -2.45. The summed E-state index contributed by atoms with van der Waals surface area (Å²) in [5.41, 5.74) is 3.71. The van der Waals surface area contributed by atoms with Gasteiger partial charge >= 0.3 is 0 Å². The van der Waals surface area contributed by atoms with Gasteiger partial charge in [0, 0.05) is 29.3 Å². The highest BCUT2D eigenvalue weighted by Gasteiger charge is 2.49. The molecule has 1 aliphatic heterocycles. The van der Waals surface area contributed by atoms with E-state index in [2.05, 4.69) is 10.3 Å². The molecule has 0 radical (unpaired) electrons. The topological polar surface area (TPSA) is 162 Å². The number of phenols is 4. The monoisotopic (exact) mass is 718 g/mol. The van der Waals surface area contributed by atoms with Gasteiger partial charge in [-0.3, -0.25) is 4.79 Å². The maximum Gasteiger partial charge on any atom is 0.200 e. The summed E-state index contributed by atoms with van der Waals surface area (Å²) in [4.78, 5) is 19.3. The Morgan fingerprint density at radius 3 is 2.51 bits per heavy atom. The molecule has 4 aromatic carbocycles. The van der Waals surface area contributed by atoms with Gasteiger partial charge in [0.1, 0.15) is 17.4 Å². The van der Waals surface area contributed by atoms with E-state index in [1.54, 1.807) is 30.5 Å². The standard InChI is InChI=1S/C43H46N2O8/c1-52-38-22-26(21-37(50)41(38)51)6-13-34(47)40(35(48)14-9-27-10-15-36(49)42-33(27)5-4-20-53-42)43(17-2-3-18-43)30-16-19-44-39(25-30)45-31-11-7-29-24-32(46)12-8-28(29)23-31/h7-8,10-12,15-16,19,21-25,35,40,46,48-51H,2-6,9,13-14,17-18,20H2,1H3,(H,44,45). The molecule has 5 aromatic rings. The van der Waals surface area contributed by atoms with E-state index >= 15 is 0 Å². The van der Waals surface area contributed by atoms with Gasteiger partial charge in [-0.05, 0) is 127 Å². The molecule has 0 amide bonds. The fraction of sp³-hybridized carbons (Fsp3) is 0.349. The van der Waals surface area contributed by atoms with Crippen LogP contribution in [0.2, 0.25) is 0 Å². The lowest BCUT2D eigenvalue weighted by atomic mass is 9.64. The number of rotatable bonds is 13. The molecule has 1 fully saturated rings. The number of hydrogen-bond acceptors (Lipinski definition) is 10. The molecule has 0 bridgehead atoms. The fourth-order valence-corrected chi connectivity index (χ4v) is 8.53. The molecule has 6 N–H and O–H groups in total. The summed E-state index contributed by atoms with van der Waals surface area (Å²) in [6.07, 6.45) is 6.90. The van der Waals surface area contributed by atoms with Crippen LogP contribution >= 0.6 is 0 Å². The van der Waals surface area contributed by atoms with Crippen LogP contribution in [0.4, 0.5) is 11.5 Å². The molecule has 2 unspecified atom stereocenters. The Labute approximate surface area is 308 Å². The number of methoxy groups -OCH3 is 1. The number of carbonyl (C=O) groups excluding carboxylic acids is 1. The van der Waals surface area contributed by atoms with Crippen LogP contribution in [0.3, 0.4) is 0 Å². The maximum absolute atomic E-state index is 14.6. The van der Waals surface area contributed by atoms with Crippen molar-refractivity contribution in [2.75, 3.05) is 19.0 Å². The molecule has 2 heterocycles. The van der Waals surface area contributed by atoms with Gasteiger partial charge in [0.15, 0.2) is 23.0 Å². The number of phenolic OH excluding ortho intramolecular Hbond substituents is 4. The third-order valence-corrected chi connectivity index (χ3v) is 11.1. The number of nitrogens with one attached hydrogen (secondary N) is 1. The Kier molecular flexibility index (Phi) is 10.3. The molecule has 1 saturated carbocycles. The summed E-state index contributed by atoms with van der Waals surface area (Å²) >= 11 is 0. The van der Waals surface area contributed by atoms with Gasteiger partial charge in [0.05, 0.1) is 25.7 Å². The van der Waals surface area contributed by atoms with Crippen molar-refractivity contribution in [1.82, 2.24) is 4.98 Å². The molecule has 53 heavy (non-hydrogen) atoms.